The molecule has 2 aromatic carbocycles. The molecule has 0 spiro atoms. The van der Waals surface area contributed by atoms with Crippen LogP contribution in [0.4, 0.5) is 13.2 Å². The smallest absolute Gasteiger partial charge is 0.145 e. The number of hydrogen-bond acceptors (Lipinski definition) is 1. The topological polar surface area (TPSA) is 12.0 Å². The summed E-state index contributed by atoms with van der Waals surface area (Å²) in [6.45, 7) is 0. The third-order valence-electron chi connectivity index (χ3n) is 3.14. The Bertz CT molecular complexity index is 616. The first kappa shape index (κ1) is 14.9. The van der Waals surface area contributed by atoms with E-state index >= 15 is 0 Å². The summed E-state index contributed by atoms with van der Waals surface area (Å²) in [5.74, 6) is -1.60. The Kier molecular flexibility index (Phi) is 4.68. The van der Waals surface area contributed by atoms with E-state index in [1.165, 1.54) is 6.07 Å². The molecule has 2 rings (SSSR count). The Morgan fingerprint density at radius 3 is 2.60 bits per heavy atom. The summed E-state index contributed by atoms with van der Waals surface area (Å²) >= 11 is 5.71. The van der Waals surface area contributed by atoms with E-state index in [9.17, 15) is 13.2 Å². The van der Waals surface area contributed by atoms with Crippen LogP contribution in [0.25, 0.3) is 0 Å². The van der Waals surface area contributed by atoms with Crippen LogP contribution in [-0.2, 0) is 6.42 Å². The lowest BCUT2D eigenvalue weighted by Gasteiger charge is -2.18. The first-order chi connectivity index (χ1) is 9.52. The van der Waals surface area contributed by atoms with E-state index in [1.54, 1.807) is 19.2 Å². The van der Waals surface area contributed by atoms with Gasteiger partial charge < -0.3 is 5.32 Å². The fourth-order valence-electron chi connectivity index (χ4n) is 2.08. The summed E-state index contributed by atoms with van der Waals surface area (Å²) in [7, 11) is 1.61. The van der Waals surface area contributed by atoms with Gasteiger partial charge in [0.25, 0.3) is 0 Å². The van der Waals surface area contributed by atoms with Crippen molar-refractivity contribution in [2.75, 3.05) is 7.05 Å². The van der Waals surface area contributed by atoms with Crippen molar-refractivity contribution in [2.45, 2.75) is 12.5 Å². The van der Waals surface area contributed by atoms with Crippen molar-refractivity contribution in [3.63, 3.8) is 0 Å². The van der Waals surface area contributed by atoms with Gasteiger partial charge in [0.1, 0.15) is 17.5 Å². The molecule has 20 heavy (non-hydrogen) atoms. The van der Waals surface area contributed by atoms with E-state index in [4.69, 9.17) is 11.6 Å². The Morgan fingerprint density at radius 1 is 1.15 bits per heavy atom. The third kappa shape index (κ3) is 3.14. The maximum Gasteiger partial charge on any atom is 0.145 e. The van der Waals surface area contributed by atoms with Crippen LogP contribution in [0.5, 0.6) is 0 Å². The highest BCUT2D eigenvalue weighted by atomic mass is 35.5. The molecule has 0 radical (unpaired) electrons. The second-order valence-electron chi connectivity index (χ2n) is 4.42. The highest BCUT2D eigenvalue weighted by Crippen LogP contribution is 2.25. The Hall–Kier alpha value is -1.52. The minimum absolute atomic E-state index is 0.0112. The van der Waals surface area contributed by atoms with Crippen LogP contribution in [-0.4, -0.2) is 7.05 Å². The summed E-state index contributed by atoms with van der Waals surface area (Å²) in [5.41, 5.74) is 0.507. The summed E-state index contributed by atoms with van der Waals surface area (Å²) in [6.07, 6.45) is 0.170. The predicted octanol–water partition coefficient (Wildman–Crippen LogP) is 4.26. The number of halogens is 4. The lowest BCUT2D eigenvalue weighted by Crippen LogP contribution is -2.21. The molecule has 2 aromatic rings. The molecule has 0 saturated heterocycles. The molecule has 0 aromatic heterocycles. The minimum atomic E-state index is -0.543. The van der Waals surface area contributed by atoms with Crippen molar-refractivity contribution in [1.82, 2.24) is 5.32 Å². The summed E-state index contributed by atoms with van der Waals surface area (Å²) in [5, 5.41) is 2.88. The monoisotopic (exact) mass is 299 g/mol. The first-order valence-corrected chi connectivity index (χ1v) is 6.46. The van der Waals surface area contributed by atoms with Gasteiger partial charge in [-0.3, -0.25) is 0 Å². The number of rotatable bonds is 4. The van der Waals surface area contributed by atoms with Crippen molar-refractivity contribution >= 4 is 11.6 Å². The van der Waals surface area contributed by atoms with Gasteiger partial charge in [0, 0.05) is 11.6 Å². The van der Waals surface area contributed by atoms with Crippen molar-refractivity contribution < 1.29 is 13.2 Å². The Balaban J connectivity index is 2.34. The van der Waals surface area contributed by atoms with Crippen LogP contribution < -0.4 is 5.32 Å². The zero-order valence-electron chi connectivity index (χ0n) is 10.8. The van der Waals surface area contributed by atoms with E-state index in [1.807, 2.05) is 0 Å². The molecule has 106 valence electrons. The Morgan fingerprint density at radius 2 is 1.90 bits per heavy atom. The van der Waals surface area contributed by atoms with Gasteiger partial charge in [0.15, 0.2) is 0 Å². The lowest BCUT2D eigenvalue weighted by atomic mass is 9.98. The fraction of sp³-hybridized carbons (Fsp3) is 0.200. The molecular formula is C15H13ClF3N. The molecule has 5 heteroatoms. The zero-order chi connectivity index (χ0) is 14.7. The lowest BCUT2D eigenvalue weighted by molar-refractivity contribution is 0.511. The van der Waals surface area contributed by atoms with Gasteiger partial charge in [-0.25, -0.2) is 13.2 Å². The van der Waals surface area contributed by atoms with E-state index in [0.717, 1.165) is 18.2 Å². The number of nitrogens with one attached hydrogen (secondary N) is 1. The minimum Gasteiger partial charge on any atom is -0.313 e. The predicted molar refractivity (Wildman–Crippen MR) is 73.3 cm³/mol. The van der Waals surface area contributed by atoms with Gasteiger partial charge >= 0.3 is 0 Å². The van der Waals surface area contributed by atoms with Crippen LogP contribution in [0.1, 0.15) is 17.2 Å². The van der Waals surface area contributed by atoms with Crippen LogP contribution >= 0.6 is 11.6 Å². The molecule has 0 aliphatic rings. The Labute approximate surface area is 120 Å². The summed E-state index contributed by atoms with van der Waals surface area (Å²) in [6, 6.07) is 7.31. The third-order valence-corrected chi connectivity index (χ3v) is 3.43. The van der Waals surface area contributed by atoms with Crippen molar-refractivity contribution in [3.8, 4) is 0 Å². The van der Waals surface area contributed by atoms with Gasteiger partial charge in [-0.2, -0.15) is 0 Å². The van der Waals surface area contributed by atoms with Crippen LogP contribution in [0.15, 0.2) is 36.4 Å². The molecule has 0 heterocycles. The van der Waals surface area contributed by atoms with E-state index in [2.05, 4.69) is 5.32 Å². The first-order valence-electron chi connectivity index (χ1n) is 6.08. The van der Waals surface area contributed by atoms with Gasteiger partial charge in [-0.1, -0.05) is 23.7 Å². The molecular weight excluding hydrogens is 287 g/mol. The van der Waals surface area contributed by atoms with Gasteiger partial charge in [-0.15, -0.1) is 0 Å². The second kappa shape index (κ2) is 6.29. The SMILES string of the molecule is CNC(Cc1cccc(Cl)c1F)c1cc(F)ccc1F. The average Bonchev–Trinajstić information content (AvgIpc) is 2.43. The normalized spacial score (nSPS) is 12.4. The van der Waals surface area contributed by atoms with Gasteiger partial charge in [0.05, 0.1) is 5.02 Å². The molecule has 0 aliphatic heterocycles. The fourth-order valence-corrected chi connectivity index (χ4v) is 2.27. The largest absolute Gasteiger partial charge is 0.313 e. The van der Waals surface area contributed by atoms with Crippen molar-refractivity contribution in [1.29, 1.82) is 0 Å². The molecule has 1 nitrogen and oxygen atoms in total. The standard InChI is InChI=1S/C15H13ClF3N/c1-20-14(11-8-10(17)5-6-13(11)18)7-9-3-2-4-12(16)15(9)19/h2-6,8,14,20H,7H2,1H3. The summed E-state index contributed by atoms with van der Waals surface area (Å²) < 4.78 is 40.9. The maximum atomic E-state index is 13.9. The zero-order valence-corrected chi connectivity index (χ0v) is 11.5. The molecule has 1 unspecified atom stereocenters. The van der Waals surface area contributed by atoms with E-state index in [-0.39, 0.29) is 17.0 Å². The highest BCUT2D eigenvalue weighted by molar-refractivity contribution is 6.30. The second-order valence-corrected chi connectivity index (χ2v) is 4.83. The van der Waals surface area contributed by atoms with Crippen LogP contribution in [0.2, 0.25) is 5.02 Å². The molecule has 0 aliphatic carbocycles. The van der Waals surface area contributed by atoms with E-state index < -0.39 is 23.5 Å². The van der Waals surface area contributed by atoms with Gasteiger partial charge in [0.2, 0.25) is 0 Å². The molecule has 0 amide bonds. The molecule has 1 atom stereocenters. The molecule has 0 saturated carbocycles. The highest BCUT2D eigenvalue weighted by Gasteiger charge is 2.18. The number of likely N-dealkylation sites (N-methyl/N-ethyl adjacent to an activating group) is 1. The number of benzene rings is 2. The molecule has 0 fully saturated rings. The maximum absolute atomic E-state index is 13.9. The van der Waals surface area contributed by atoms with Gasteiger partial charge in [-0.05, 0) is 43.3 Å². The van der Waals surface area contributed by atoms with Crippen LogP contribution in [0, 0.1) is 17.5 Å². The quantitative estimate of drug-likeness (QED) is 0.889. The number of hydrogen-bond donors (Lipinski definition) is 1. The van der Waals surface area contributed by atoms with Crippen molar-refractivity contribution in [2.24, 2.45) is 0 Å². The summed E-state index contributed by atoms with van der Waals surface area (Å²) in [4.78, 5) is 0. The molecule has 1 N–H and O–H groups in total. The van der Waals surface area contributed by atoms with E-state index in [0.29, 0.717) is 5.56 Å². The average molecular weight is 300 g/mol. The van der Waals surface area contributed by atoms with Crippen molar-refractivity contribution in [3.05, 3.63) is 70.0 Å². The van der Waals surface area contributed by atoms with Crippen LogP contribution in [0.3, 0.4) is 0 Å². The molecule has 0 bridgehead atoms.